The van der Waals surface area contributed by atoms with Gasteiger partial charge in [-0.3, -0.25) is 4.68 Å². The van der Waals surface area contributed by atoms with E-state index >= 15 is 0 Å². The van der Waals surface area contributed by atoms with E-state index in [4.69, 9.17) is 18.0 Å². The van der Waals surface area contributed by atoms with Crippen LogP contribution in [0.3, 0.4) is 0 Å². The molecule has 1 N–H and O–H groups in total. The van der Waals surface area contributed by atoms with E-state index < -0.39 is 0 Å². The lowest BCUT2D eigenvalue weighted by Gasteiger charge is -2.03. The highest BCUT2D eigenvalue weighted by molar-refractivity contribution is 6.31. The number of terminal acetylenes is 1. The summed E-state index contributed by atoms with van der Waals surface area (Å²) in [6.07, 6.45) is 6.75. The first-order valence-corrected chi connectivity index (χ1v) is 5.42. The van der Waals surface area contributed by atoms with Crippen LogP contribution in [0, 0.1) is 12.3 Å². The van der Waals surface area contributed by atoms with Gasteiger partial charge in [-0.2, -0.15) is 5.10 Å². The van der Waals surface area contributed by atoms with Gasteiger partial charge in [0.1, 0.15) is 0 Å². The third-order valence-corrected chi connectivity index (χ3v) is 2.68. The van der Waals surface area contributed by atoms with Gasteiger partial charge in [-0.1, -0.05) is 18.5 Å². The molecule has 0 amide bonds. The second kappa shape index (κ2) is 5.79. The molecule has 4 heteroatoms. The Morgan fingerprint density at radius 1 is 1.60 bits per heavy atom. The maximum absolute atomic E-state index is 6.18. The molecular formula is C11H16ClN3. The molecule has 0 aromatic carbocycles. The molecule has 0 aliphatic heterocycles. The second-order valence-corrected chi connectivity index (χ2v) is 3.69. The topological polar surface area (TPSA) is 29.9 Å². The number of nitrogens with one attached hydrogen (secondary N) is 1. The molecule has 1 rings (SSSR count). The zero-order valence-corrected chi connectivity index (χ0v) is 9.93. The Balaban J connectivity index is 2.61. The van der Waals surface area contributed by atoms with Crippen LogP contribution in [0.4, 0.5) is 0 Å². The molecule has 0 fully saturated rings. The van der Waals surface area contributed by atoms with Crippen LogP contribution in [0.2, 0.25) is 5.02 Å². The minimum absolute atomic E-state index is 0.712. The number of aryl methyl sites for hydroxylation is 2. The highest BCUT2D eigenvalue weighted by Crippen LogP contribution is 2.20. The van der Waals surface area contributed by atoms with Gasteiger partial charge < -0.3 is 5.32 Å². The van der Waals surface area contributed by atoms with Crippen LogP contribution in [0.15, 0.2) is 0 Å². The Kier molecular flexibility index (Phi) is 4.67. The monoisotopic (exact) mass is 225 g/mol. The van der Waals surface area contributed by atoms with E-state index in [1.54, 1.807) is 0 Å². The highest BCUT2D eigenvalue weighted by atomic mass is 35.5. The van der Waals surface area contributed by atoms with Gasteiger partial charge in [0.25, 0.3) is 0 Å². The van der Waals surface area contributed by atoms with Crippen LogP contribution >= 0.6 is 11.6 Å². The Bertz CT molecular complexity index is 363. The second-order valence-electron chi connectivity index (χ2n) is 3.32. The van der Waals surface area contributed by atoms with Crippen LogP contribution in [0.25, 0.3) is 0 Å². The van der Waals surface area contributed by atoms with E-state index in [1.165, 1.54) is 0 Å². The maximum Gasteiger partial charge on any atom is 0.0863 e. The van der Waals surface area contributed by atoms with Gasteiger partial charge in [-0.05, 0) is 6.42 Å². The van der Waals surface area contributed by atoms with E-state index in [1.807, 2.05) is 18.7 Å². The quantitative estimate of drug-likeness (QED) is 0.611. The highest BCUT2D eigenvalue weighted by Gasteiger charge is 2.11. The largest absolute Gasteiger partial charge is 0.310 e. The minimum atomic E-state index is 0.712. The van der Waals surface area contributed by atoms with Gasteiger partial charge in [-0.15, -0.1) is 12.3 Å². The summed E-state index contributed by atoms with van der Waals surface area (Å²) in [6.45, 7) is 3.56. The fraction of sp³-hybridized carbons (Fsp3) is 0.545. The van der Waals surface area contributed by atoms with Gasteiger partial charge in [0.2, 0.25) is 0 Å². The normalized spacial score (nSPS) is 10.3. The van der Waals surface area contributed by atoms with Crippen LogP contribution in [0.5, 0.6) is 0 Å². The zero-order valence-electron chi connectivity index (χ0n) is 9.18. The van der Waals surface area contributed by atoms with Gasteiger partial charge in [0, 0.05) is 26.6 Å². The summed E-state index contributed by atoms with van der Waals surface area (Å²) in [5, 5.41) is 8.34. The smallest absolute Gasteiger partial charge is 0.0863 e. The van der Waals surface area contributed by atoms with Crippen molar-refractivity contribution >= 4 is 11.6 Å². The predicted molar refractivity (Wildman–Crippen MR) is 62.8 cm³/mol. The Hall–Kier alpha value is -0.980. The number of hydrogen-bond donors (Lipinski definition) is 1. The molecule has 0 radical (unpaired) electrons. The summed E-state index contributed by atoms with van der Waals surface area (Å²) in [5.41, 5.74) is 1.97. The number of rotatable bonds is 5. The van der Waals surface area contributed by atoms with Gasteiger partial charge in [0.15, 0.2) is 0 Å². The summed E-state index contributed by atoms with van der Waals surface area (Å²) >= 11 is 6.18. The van der Waals surface area contributed by atoms with E-state index in [0.717, 1.165) is 35.8 Å². The van der Waals surface area contributed by atoms with Gasteiger partial charge >= 0.3 is 0 Å². The first kappa shape index (κ1) is 12.1. The van der Waals surface area contributed by atoms with Crippen LogP contribution < -0.4 is 5.32 Å². The number of halogens is 1. The zero-order chi connectivity index (χ0) is 11.3. The molecule has 0 atom stereocenters. The molecule has 0 unspecified atom stereocenters. The average Bonchev–Trinajstić information content (AvgIpc) is 2.50. The summed E-state index contributed by atoms with van der Waals surface area (Å²) in [7, 11) is 1.91. The van der Waals surface area contributed by atoms with E-state index in [0.29, 0.717) is 6.54 Å². The van der Waals surface area contributed by atoms with Crippen molar-refractivity contribution in [1.82, 2.24) is 15.1 Å². The van der Waals surface area contributed by atoms with E-state index in [-0.39, 0.29) is 0 Å². The van der Waals surface area contributed by atoms with Gasteiger partial charge in [0.05, 0.1) is 16.4 Å². The van der Waals surface area contributed by atoms with Crippen LogP contribution in [-0.4, -0.2) is 16.3 Å². The SMILES string of the molecule is C#CCCNCc1c(Cl)c(CC)nn1C. The summed E-state index contributed by atoms with van der Waals surface area (Å²) in [4.78, 5) is 0. The molecule has 0 saturated heterocycles. The standard InChI is InChI=1S/C11H16ClN3/c1-4-6-7-13-8-10-11(12)9(5-2)14-15(10)3/h1,13H,5-8H2,2-3H3. The molecule has 3 nitrogen and oxygen atoms in total. The molecule has 0 aliphatic carbocycles. The average molecular weight is 226 g/mol. The summed E-state index contributed by atoms with van der Waals surface area (Å²) in [5.74, 6) is 2.58. The van der Waals surface area contributed by atoms with Crippen molar-refractivity contribution in [3.8, 4) is 12.3 Å². The molecule has 1 aromatic heterocycles. The van der Waals surface area contributed by atoms with Crippen LogP contribution in [-0.2, 0) is 20.0 Å². The van der Waals surface area contributed by atoms with Crippen LogP contribution in [0.1, 0.15) is 24.7 Å². The predicted octanol–water partition coefficient (Wildman–Crippen LogP) is 1.75. The molecule has 0 spiro atoms. The maximum atomic E-state index is 6.18. The Morgan fingerprint density at radius 3 is 2.87 bits per heavy atom. The number of nitrogens with zero attached hydrogens (tertiary/aromatic N) is 2. The molecule has 15 heavy (non-hydrogen) atoms. The van der Waals surface area contributed by atoms with Crippen molar-refractivity contribution in [2.45, 2.75) is 26.3 Å². The molecule has 0 bridgehead atoms. The number of aromatic nitrogens is 2. The lowest BCUT2D eigenvalue weighted by molar-refractivity contribution is 0.629. The van der Waals surface area contributed by atoms with Crippen molar-refractivity contribution in [2.24, 2.45) is 7.05 Å². The summed E-state index contributed by atoms with van der Waals surface area (Å²) in [6, 6.07) is 0. The molecule has 0 aliphatic rings. The lowest BCUT2D eigenvalue weighted by Crippen LogP contribution is -2.16. The summed E-state index contributed by atoms with van der Waals surface area (Å²) < 4.78 is 1.82. The molecular weight excluding hydrogens is 210 g/mol. The first-order valence-electron chi connectivity index (χ1n) is 5.05. The first-order chi connectivity index (χ1) is 7.20. The Morgan fingerprint density at radius 2 is 2.33 bits per heavy atom. The third-order valence-electron chi connectivity index (χ3n) is 2.24. The van der Waals surface area contributed by atoms with Crippen molar-refractivity contribution in [3.05, 3.63) is 16.4 Å². The van der Waals surface area contributed by atoms with Crippen molar-refractivity contribution in [1.29, 1.82) is 0 Å². The molecule has 82 valence electrons. The Labute approximate surface area is 95.8 Å². The van der Waals surface area contributed by atoms with E-state index in [9.17, 15) is 0 Å². The van der Waals surface area contributed by atoms with Crippen molar-refractivity contribution in [3.63, 3.8) is 0 Å². The van der Waals surface area contributed by atoms with Gasteiger partial charge in [-0.25, -0.2) is 0 Å². The van der Waals surface area contributed by atoms with Crippen molar-refractivity contribution < 1.29 is 0 Å². The van der Waals surface area contributed by atoms with Crippen molar-refractivity contribution in [2.75, 3.05) is 6.54 Å². The fourth-order valence-electron chi connectivity index (χ4n) is 1.38. The van der Waals surface area contributed by atoms with E-state index in [2.05, 4.69) is 16.3 Å². The third kappa shape index (κ3) is 2.98. The molecule has 1 heterocycles. The molecule has 1 aromatic rings. The minimum Gasteiger partial charge on any atom is -0.310 e. The lowest BCUT2D eigenvalue weighted by atomic mass is 10.3. The fourth-order valence-corrected chi connectivity index (χ4v) is 1.74. The number of hydrogen-bond acceptors (Lipinski definition) is 2. The molecule has 0 saturated carbocycles.